The Morgan fingerprint density at radius 3 is 2.68 bits per heavy atom. The highest BCUT2D eigenvalue weighted by Crippen LogP contribution is 2.29. The van der Waals surface area contributed by atoms with E-state index in [4.69, 9.17) is 9.47 Å². The van der Waals surface area contributed by atoms with Crippen LogP contribution in [0.5, 0.6) is 5.75 Å². The predicted octanol–water partition coefficient (Wildman–Crippen LogP) is 3.82. The molecule has 0 aliphatic carbocycles. The Labute approximate surface area is 115 Å². The minimum atomic E-state index is 0.391. The highest BCUT2D eigenvalue weighted by molar-refractivity contribution is 5.75. The second kappa shape index (κ2) is 8.70. The van der Waals surface area contributed by atoms with Gasteiger partial charge in [-0.25, -0.2) is 0 Å². The van der Waals surface area contributed by atoms with Crippen molar-refractivity contribution >= 4 is 6.29 Å². The Morgan fingerprint density at radius 2 is 2.05 bits per heavy atom. The van der Waals surface area contributed by atoms with Crippen molar-refractivity contribution in [2.75, 3.05) is 19.8 Å². The van der Waals surface area contributed by atoms with Gasteiger partial charge in [0, 0.05) is 25.2 Å². The summed E-state index contributed by atoms with van der Waals surface area (Å²) in [4.78, 5) is 10.9. The number of aldehydes is 1. The highest BCUT2D eigenvalue weighted by Gasteiger charge is 2.11. The molecule has 1 unspecified atom stereocenters. The first-order valence-corrected chi connectivity index (χ1v) is 7.02. The summed E-state index contributed by atoms with van der Waals surface area (Å²) in [7, 11) is 0. The minimum Gasteiger partial charge on any atom is -0.493 e. The third-order valence-corrected chi connectivity index (χ3v) is 3.21. The first-order chi connectivity index (χ1) is 9.22. The molecule has 0 aromatic heterocycles. The fraction of sp³-hybridized carbons (Fsp3) is 0.562. The van der Waals surface area contributed by atoms with Gasteiger partial charge < -0.3 is 9.47 Å². The van der Waals surface area contributed by atoms with Crippen molar-refractivity contribution in [1.29, 1.82) is 0 Å². The molecule has 0 spiro atoms. The summed E-state index contributed by atoms with van der Waals surface area (Å²) in [5.41, 5.74) is 1.82. The van der Waals surface area contributed by atoms with Crippen molar-refractivity contribution in [3.8, 4) is 5.75 Å². The fourth-order valence-electron chi connectivity index (χ4n) is 1.86. The molecule has 1 aromatic rings. The Balaban J connectivity index is 2.67. The summed E-state index contributed by atoms with van der Waals surface area (Å²) in [5.74, 6) is 1.28. The Bertz CT molecular complexity index is 388. The van der Waals surface area contributed by atoms with Gasteiger partial charge in [0.25, 0.3) is 0 Å². The number of ether oxygens (including phenoxy) is 2. The van der Waals surface area contributed by atoms with Crippen molar-refractivity contribution in [2.24, 2.45) is 0 Å². The van der Waals surface area contributed by atoms with Crippen LogP contribution >= 0.6 is 0 Å². The topological polar surface area (TPSA) is 35.5 Å². The molecule has 0 saturated heterocycles. The first kappa shape index (κ1) is 15.7. The van der Waals surface area contributed by atoms with Gasteiger partial charge in [-0.3, -0.25) is 4.79 Å². The van der Waals surface area contributed by atoms with Crippen LogP contribution in [0, 0.1) is 0 Å². The van der Waals surface area contributed by atoms with Crippen molar-refractivity contribution in [1.82, 2.24) is 0 Å². The molecule has 0 N–H and O–H groups in total. The fourth-order valence-corrected chi connectivity index (χ4v) is 1.86. The van der Waals surface area contributed by atoms with E-state index in [1.807, 2.05) is 19.1 Å². The van der Waals surface area contributed by atoms with E-state index in [-0.39, 0.29) is 0 Å². The highest BCUT2D eigenvalue weighted by atomic mass is 16.5. The largest absolute Gasteiger partial charge is 0.493 e. The molecule has 0 bridgehead atoms. The molecular formula is C16H24O3. The lowest BCUT2D eigenvalue weighted by atomic mass is 9.96. The summed E-state index contributed by atoms with van der Waals surface area (Å²) in [6.07, 6.45) is 2.78. The molecule has 3 heteroatoms. The summed E-state index contributed by atoms with van der Waals surface area (Å²) >= 11 is 0. The zero-order chi connectivity index (χ0) is 14.1. The number of carbonyl (C=O) groups excluding carboxylic acids is 1. The lowest BCUT2D eigenvalue weighted by molar-refractivity contribution is 0.112. The summed E-state index contributed by atoms with van der Waals surface area (Å²) in [6, 6.07) is 5.63. The van der Waals surface area contributed by atoms with Gasteiger partial charge >= 0.3 is 0 Å². The van der Waals surface area contributed by atoms with Gasteiger partial charge in [0.2, 0.25) is 0 Å². The van der Waals surface area contributed by atoms with E-state index in [1.165, 1.54) is 0 Å². The SMILES string of the molecule is CCOCCCOc1ccc(C=O)cc1C(C)CC. The van der Waals surface area contributed by atoms with E-state index in [0.29, 0.717) is 18.1 Å². The standard InChI is InChI=1S/C16H24O3/c1-4-13(3)15-11-14(12-17)7-8-16(15)19-10-6-9-18-5-2/h7-8,11-13H,4-6,9-10H2,1-3H3. The number of hydrogen-bond donors (Lipinski definition) is 0. The van der Waals surface area contributed by atoms with Crippen LogP contribution in [0.3, 0.4) is 0 Å². The van der Waals surface area contributed by atoms with E-state index < -0.39 is 0 Å². The predicted molar refractivity (Wildman–Crippen MR) is 77.1 cm³/mol. The molecule has 106 valence electrons. The van der Waals surface area contributed by atoms with E-state index in [1.54, 1.807) is 6.07 Å². The smallest absolute Gasteiger partial charge is 0.150 e. The molecule has 1 atom stereocenters. The number of benzene rings is 1. The first-order valence-electron chi connectivity index (χ1n) is 7.02. The van der Waals surface area contributed by atoms with E-state index >= 15 is 0 Å². The van der Waals surface area contributed by atoms with Crippen molar-refractivity contribution in [2.45, 2.75) is 39.5 Å². The quantitative estimate of drug-likeness (QED) is 0.502. The van der Waals surface area contributed by atoms with Gasteiger partial charge in [-0.15, -0.1) is 0 Å². The van der Waals surface area contributed by atoms with Gasteiger partial charge in [-0.1, -0.05) is 13.8 Å². The second-order valence-electron chi connectivity index (χ2n) is 4.62. The van der Waals surface area contributed by atoms with Crippen LogP contribution in [0.2, 0.25) is 0 Å². The minimum absolute atomic E-state index is 0.391. The Kier molecular flexibility index (Phi) is 7.19. The van der Waals surface area contributed by atoms with Crippen molar-refractivity contribution < 1.29 is 14.3 Å². The molecule has 0 aliphatic rings. The molecule has 0 saturated carbocycles. The summed E-state index contributed by atoms with van der Waals surface area (Å²) in [5, 5.41) is 0. The maximum Gasteiger partial charge on any atom is 0.150 e. The average molecular weight is 264 g/mol. The van der Waals surface area contributed by atoms with Crippen LogP contribution in [0.1, 0.15) is 55.5 Å². The molecule has 0 amide bonds. The maximum atomic E-state index is 10.9. The van der Waals surface area contributed by atoms with Gasteiger partial charge in [-0.2, -0.15) is 0 Å². The number of rotatable bonds is 9. The lowest BCUT2D eigenvalue weighted by Crippen LogP contribution is -2.06. The molecule has 0 aliphatic heterocycles. The average Bonchev–Trinajstić information content (AvgIpc) is 2.46. The lowest BCUT2D eigenvalue weighted by Gasteiger charge is -2.16. The van der Waals surface area contributed by atoms with Crippen LogP contribution in [0.25, 0.3) is 0 Å². The van der Waals surface area contributed by atoms with Crippen LogP contribution < -0.4 is 4.74 Å². The zero-order valence-corrected chi connectivity index (χ0v) is 12.1. The maximum absolute atomic E-state index is 10.9. The van der Waals surface area contributed by atoms with Crippen molar-refractivity contribution in [3.63, 3.8) is 0 Å². The normalized spacial score (nSPS) is 12.2. The van der Waals surface area contributed by atoms with Gasteiger partial charge in [0.1, 0.15) is 12.0 Å². The molecule has 19 heavy (non-hydrogen) atoms. The number of hydrogen-bond acceptors (Lipinski definition) is 3. The van der Waals surface area contributed by atoms with E-state index in [9.17, 15) is 4.79 Å². The molecule has 0 heterocycles. The summed E-state index contributed by atoms with van der Waals surface area (Å²) < 4.78 is 11.1. The Hall–Kier alpha value is -1.35. The van der Waals surface area contributed by atoms with E-state index in [2.05, 4.69) is 13.8 Å². The third-order valence-electron chi connectivity index (χ3n) is 3.21. The molecule has 0 fully saturated rings. The van der Waals surface area contributed by atoms with Crippen LogP contribution in [-0.4, -0.2) is 26.1 Å². The number of carbonyl (C=O) groups is 1. The Morgan fingerprint density at radius 1 is 1.26 bits per heavy atom. The van der Waals surface area contributed by atoms with Crippen molar-refractivity contribution in [3.05, 3.63) is 29.3 Å². The second-order valence-corrected chi connectivity index (χ2v) is 4.62. The monoisotopic (exact) mass is 264 g/mol. The molecular weight excluding hydrogens is 240 g/mol. The van der Waals surface area contributed by atoms with Crippen LogP contribution in [0.15, 0.2) is 18.2 Å². The van der Waals surface area contributed by atoms with Gasteiger partial charge in [-0.05, 0) is 43.0 Å². The molecule has 1 rings (SSSR count). The summed E-state index contributed by atoms with van der Waals surface area (Å²) in [6.45, 7) is 8.38. The third kappa shape index (κ3) is 5.03. The molecule has 0 radical (unpaired) electrons. The molecule has 1 aromatic carbocycles. The van der Waals surface area contributed by atoms with Crippen LogP contribution in [-0.2, 0) is 4.74 Å². The molecule has 3 nitrogen and oxygen atoms in total. The van der Waals surface area contributed by atoms with Gasteiger partial charge in [0.15, 0.2) is 0 Å². The van der Waals surface area contributed by atoms with Crippen LogP contribution in [0.4, 0.5) is 0 Å². The van der Waals surface area contributed by atoms with Gasteiger partial charge in [0.05, 0.1) is 6.61 Å². The van der Waals surface area contributed by atoms with E-state index in [0.717, 1.165) is 43.7 Å². The zero-order valence-electron chi connectivity index (χ0n) is 12.1.